The van der Waals surface area contributed by atoms with Crippen LogP contribution in [-0.4, -0.2) is 38.9 Å². The molecule has 1 heterocycles. The van der Waals surface area contributed by atoms with Gasteiger partial charge in [0.2, 0.25) is 5.79 Å². The van der Waals surface area contributed by atoms with Gasteiger partial charge in [0.25, 0.3) is 0 Å². The number of amides is 2. The maximum atomic E-state index is 11.9. The van der Waals surface area contributed by atoms with Gasteiger partial charge in [-0.3, -0.25) is 0 Å². The molecule has 2 N–H and O–H groups in total. The van der Waals surface area contributed by atoms with Gasteiger partial charge in [0.1, 0.15) is 0 Å². The Bertz CT molecular complexity index is 582. The van der Waals surface area contributed by atoms with Crippen LogP contribution in [0.1, 0.15) is 0 Å². The van der Waals surface area contributed by atoms with Gasteiger partial charge in [-0.2, -0.15) is 0 Å². The summed E-state index contributed by atoms with van der Waals surface area (Å²) in [6.07, 6.45) is 2.91. The fourth-order valence-corrected chi connectivity index (χ4v) is 2.17. The van der Waals surface area contributed by atoms with Gasteiger partial charge in [0.15, 0.2) is 6.29 Å². The van der Waals surface area contributed by atoms with Crippen LogP contribution in [0.3, 0.4) is 0 Å². The van der Waals surface area contributed by atoms with Gasteiger partial charge in [-0.1, -0.05) is 23.2 Å². The predicted molar refractivity (Wildman–Crippen MR) is 84.2 cm³/mol. The molecule has 8 heteroatoms. The molecule has 120 valence electrons. The summed E-state index contributed by atoms with van der Waals surface area (Å²) in [5.74, 6) is -1.05. The van der Waals surface area contributed by atoms with Gasteiger partial charge in [0, 0.05) is 19.9 Å². The second-order valence-corrected chi connectivity index (χ2v) is 5.35. The number of halogens is 2. The highest BCUT2D eigenvalue weighted by Crippen LogP contribution is 2.25. The van der Waals surface area contributed by atoms with Crippen molar-refractivity contribution in [2.75, 3.05) is 26.1 Å². The zero-order valence-electron chi connectivity index (χ0n) is 12.1. The lowest BCUT2D eigenvalue weighted by atomic mass is 10.2. The number of urea groups is 1. The lowest BCUT2D eigenvalue weighted by molar-refractivity contribution is -0.238. The summed E-state index contributed by atoms with van der Waals surface area (Å²) in [5.41, 5.74) is 0.524. The molecule has 0 saturated carbocycles. The van der Waals surface area contributed by atoms with E-state index in [-0.39, 0.29) is 6.54 Å². The molecule has 6 nitrogen and oxygen atoms in total. The molecule has 2 rings (SSSR count). The Morgan fingerprint density at radius 1 is 1.36 bits per heavy atom. The average molecular weight is 347 g/mol. The number of nitrogens with one attached hydrogen (secondary N) is 2. The van der Waals surface area contributed by atoms with Crippen LogP contribution < -0.4 is 10.6 Å². The molecular weight excluding hydrogens is 331 g/mol. The smallest absolute Gasteiger partial charge is 0.319 e. The molecule has 2 unspecified atom stereocenters. The van der Waals surface area contributed by atoms with Crippen LogP contribution in [0.4, 0.5) is 10.5 Å². The summed E-state index contributed by atoms with van der Waals surface area (Å²) in [5, 5.41) is 6.08. The molecule has 2 atom stereocenters. The van der Waals surface area contributed by atoms with Crippen LogP contribution in [0.25, 0.3) is 0 Å². The molecule has 0 radical (unpaired) electrons. The van der Waals surface area contributed by atoms with Crippen molar-refractivity contribution in [3.8, 4) is 0 Å². The largest absolute Gasteiger partial charge is 0.352 e. The number of methoxy groups -OCH3 is 2. The van der Waals surface area contributed by atoms with E-state index in [1.165, 1.54) is 14.2 Å². The Kier molecular flexibility index (Phi) is 5.66. The summed E-state index contributed by atoms with van der Waals surface area (Å²) in [7, 11) is 3.01. The van der Waals surface area contributed by atoms with Crippen LogP contribution in [-0.2, 0) is 14.2 Å². The van der Waals surface area contributed by atoms with Gasteiger partial charge >= 0.3 is 6.03 Å². The second kappa shape index (κ2) is 7.30. The van der Waals surface area contributed by atoms with Crippen LogP contribution in [0.2, 0.25) is 10.0 Å². The monoisotopic (exact) mass is 346 g/mol. The molecule has 2 amide bonds. The zero-order chi connectivity index (χ0) is 16.2. The Morgan fingerprint density at radius 3 is 2.73 bits per heavy atom. The van der Waals surface area contributed by atoms with Crippen LogP contribution >= 0.6 is 23.2 Å². The number of anilines is 1. The number of ether oxygens (including phenoxy) is 3. The van der Waals surface area contributed by atoms with Crippen LogP contribution in [0.5, 0.6) is 0 Å². The van der Waals surface area contributed by atoms with E-state index in [0.29, 0.717) is 15.7 Å². The first-order valence-electron chi connectivity index (χ1n) is 6.43. The fourth-order valence-electron chi connectivity index (χ4n) is 1.87. The summed E-state index contributed by atoms with van der Waals surface area (Å²) in [6.45, 7) is 0.118. The highest BCUT2D eigenvalue weighted by atomic mass is 35.5. The zero-order valence-corrected chi connectivity index (χ0v) is 13.6. The first-order chi connectivity index (χ1) is 10.5. The number of benzene rings is 1. The molecule has 1 aromatic carbocycles. The topological polar surface area (TPSA) is 68.8 Å². The molecule has 22 heavy (non-hydrogen) atoms. The molecular formula is C14H16Cl2N2O4. The van der Waals surface area contributed by atoms with Crippen molar-refractivity contribution in [3.63, 3.8) is 0 Å². The summed E-state index contributed by atoms with van der Waals surface area (Å²) in [6, 6.07) is 4.38. The van der Waals surface area contributed by atoms with Crippen LogP contribution in [0, 0.1) is 0 Å². The number of carbonyl (C=O) groups is 1. The summed E-state index contributed by atoms with van der Waals surface area (Å²) in [4.78, 5) is 11.9. The van der Waals surface area contributed by atoms with Crippen molar-refractivity contribution in [1.82, 2.24) is 5.32 Å². The maximum absolute atomic E-state index is 11.9. The Morgan fingerprint density at radius 2 is 2.14 bits per heavy atom. The summed E-state index contributed by atoms with van der Waals surface area (Å²) >= 11 is 11.7. The first-order valence-corrected chi connectivity index (χ1v) is 7.18. The standard InChI is InChI=1S/C14H16Cl2N2O4/c1-20-12-5-6-14(21-2,22-12)8-17-13(19)18-9-3-4-10(15)11(16)7-9/h3-7,12H,8H2,1-2H3,(H2,17,18,19). The lowest BCUT2D eigenvalue weighted by Crippen LogP contribution is -2.45. The highest BCUT2D eigenvalue weighted by Gasteiger charge is 2.36. The lowest BCUT2D eigenvalue weighted by Gasteiger charge is -2.27. The number of hydrogen-bond donors (Lipinski definition) is 2. The molecule has 0 saturated heterocycles. The molecule has 0 spiro atoms. The van der Waals surface area contributed by atoms with Crippen molar-refractivity contribution < 1.29 is 19.0 Å². The Labute approximate surface area is 138 Å². The van der Waals surface area contributed by atoms with Crippen LogP contribution in [0.15, 0.2) is 30.4 Å². The van der Waals surface area contributed by atoms with Crippen molar-refractivity contribution in [2.24, 2.45) is 0 Å². The van der Waals surface area contributed by atoms with E-state index in [4.69, 9.17) is 37.4 Å². The molecule has 0 bridgehead atoms. The van der Waals surface area contributed by atoms with E-state index in [9.17, 15) is 4.79 Å². The third-order valence-corrected chi connectivity index (χ3v) is 3.81. The van der Waals surface area contributed by atoms with Gasteiger partial charge < -0.3 is 24.8 Å². The minimum atomic E-state index is -1.05. The second-order valence-electron chi connectivity index (χ2n) is 4.53. The SMILES string of the molecule is COC1C=CC(CNC(=O)Nc2ccc(Cl)c(Cl)c2)(OC)O1. The van der Waals surface area contributed by atoms with E-state index in [1.807, 2.05) is 0 Å². The molecule has 0 aromatic heterocycles. The minimum Gasteiger partial charge on any atom is -0.352 e. The fraction of sp³-hybridized carbons (Fsp3) is 0.357. The van der Waals surface area contributed by atoms with Crippen molar-refractivity contribution in [1.29, 1.82) is 0 Å². The summed E-state index contributed by atoms with van der Waals surface area (Å²) < 4.78 is 15.9. The van der Waals surface area contributed by atoms with Gasteiger partial charge in [-0.05, 0) is 30.4 Å². The third kappa shape index (κ3) is 4.12. The normalized spacial score (nSPS) is 23.5. The van der Waals surface area contributed by atoms with Crippen molar-refractivity contribution in [3.05, 3.63) is 40.4 Å². The van der Waals surface area contributed by atoms with Gasteiger partial charge in [-0.15, -0.1) is 0 Å². The molecule has 0 aliphatic carbocycles. The number of rotatable bonds is 5. The van der Waals surface area contributed by atoms with Crippen molar-refractivity contribution >= 4 is 34.9 Å². The highest BCUT2D eigenvalue weighted by molar-refractivity contribution is 6.42. The molecule has 1 aromatic rings. The Hall–Kier alpha value is -1.31. The van der Waals surface area contributed by atoms with E-state index in [2.05, 4.69) is 10.6 Å². The van der Waals surface area contributed by atoms with Crippen molar-refractivity contribution in [2.45, 2.75) is 12.1 Å². The van der Waals surface area contributed by atoms with Gasteiger partial charge in [0.05, 0.1) is 16.6 Å². The van der Waals surface area contributed by atoms with Gasteiger partial charge in [-0.25, -0.2) is 4.79 Å². The first kappa shape index (κ1) is 17.1. The average Bonchev–Trinajstić information content (AvgIpc) is 2.93. The minimum absolute atomic E-state index is 0.118. The van der Waals surface area contributed by atoms with E-state index < -0.39 is 18.1 Å². The van der Waals surface area contributed by atoms with E-state index in [1.54, 1.807) is 30.4 Å². The maximum Gasteiger partial charge on any atom is 0.319 e. The quantitative estimate of drug-likeness (QED) is 0.804. The Balaban J connectivity index is 1.89. The van der Waals surface area contributed by atoms with E-state index in [0.717, 1.165) is 0 Å². The third-order valence-electron chi connectivity index (χ3n) is 3.07. The van der Waals surface area contributed by atoms with E-state index >= 15 is 0 Å². The number of carbonyl (C=O) groups excluding carboxylic acids is 1. The molecule has 1 aliphatic heterocycles. The number of hydrogen-bond acceptors (Lipinski definition) is 4. The predicted octanol–water partition coefficient (Wildman–Crippen LogP) is 3.02. The molecule has 0 fully saturated rings. The molecule has 1 aliphatic rings.